The molecule has 0 amide bonds. The van der Waals surface area contributed by atoms with Gasteiger partial charge in [-0.05, 0) is 77.6 Å². The fourth-order valence-electron chi connectivity index (χ4n) is 12.8. The predicted octanol–water partition coefficient (Wildman–Crippen LogP) is 16.4. The van der Waals surface area contributed by atoms with Crippen molar-refractivity contribution < 1.29 is 95.2 Å². The Labute approximate surface area is 567 Å². The van der Waals surface area contributed by atoms with E-state index in [0.717, 1.165) is 25.7 Å². The van der Waals surface area contributed by atoms with Crippen molar-refractivity contribution in [1.29, 1.82) is 0 Å². The zero-order valence-electron chi connectivity index (χ0n) is 59.8. The Balaban J connectivity index is 2.55. The van der Waals surface area contributed by atoms with Crippen molar-refractivity contribution >= 4 is 47.8 Å². The van der Waals surface area contributed by atoms with Gasteiger partial charge in [0.05, 0.1) is 48.7 Å². The van der Waals surface area contributed by atoms with Gasteiger partial charge in [0.25, 0.3) is 0 Å². The van der Waals surface area contributed by atoms with Crippen molar-refractivity contribution in [2.24, 2.45) is 0 Å². The van der Waals surface area contributed by atoms with Gasteiger partial charge in [-0.25, -0.2) is 0 Å². The summed E-state index contributed by atoms with van der Waals surface area (Å²) >= 11 is 0. The largest absolute Gasteiger partial charge is 0.426 e. The molecule has 0 saturated carbocycles. The molecule has 1 aliphatic carbocycles. The first-order valence-corrected chi connectivity index (χ1v) is 34.5. The van der Waals surface area contributed by atoms with Crippen LogP contribution < -0.4 is 37.9 Å². The molecule has 4 aromatic rings. The summed E-state index contributed by atoms with van der Waals surface area (Å²) in [6.07, 6.45) is 9.17. The normalized spacial score (nSPS) is 14.9. The molecule has 20 nitrogen and oxygen atoms in total. The summed E-state index contributed by atoms with van der Waals surface area (Å²) in [7, 11) is 0. The van der Waals surface area contributed by atoms with Gasteiger partial charge in [0, 0.05) is 150 Å². The van der Waals surface area contributed by atoms with Crippen LogP contribution in [-0.4, -0.2) is 74.2 Å². The molecule has 0 heterocycles. The number of carbonyl (C=O) groups is 8. The highest BCUT2D eigenvalue weighted by Gasteiger charge is 2.41. The number of carbonyl (C=O) groups excluding carboxylic acids is 8. The van der Waals surface area contributed by atoms with Gasteiger partial charge in [0.1, 0.15) is 46.0 Å². The molecule has 0 fully saturated rings. The van der Waals surface area contributed by atoms with Gasteiger partial charge in [-0.2, -0.15) is 0 Å². The van der Waals surface area contributed by atoms with Gasteiger partial charge in [0.15, 0.2) is 0 Å². The molecule has 0 spiro atoms. The topological polar surface area (TPSA) is 247 Å². The maximum absolute atomic E-state index is 14.1. The maximum atomic E-state index is 14.1. The predicted molar refractivity (Wildman–Crippen MR) is 362 cm³/mol. The summed E-state index contributed by atoms with van der Waals surface area (Å²) in [5, 5.41) is 0. The quantitative estimate of drug-likeness (QED) is 0.0233. The molecule has 0 unspecified atom stereocenters. The standard InChI is InChI=1S/C76H104O20/c1-17-25-29-33-53-57-37-59(71(91-47(11)79)65(41-85-21-5)69(57)89-45(9)77)54(34-30-26-18-2)61-39-63(75(95-51(15)83)67(43-87-23-7)73(61)93-49(13)81)56(36-32-28-20-4)64-40-62(74(94-50(14)82)68(44-88-24-8)76(64)96-52(16)84)55(35-31-27-19-3)60-38-58(53)70(90-46(10)78)66(42-86-22-6)72(60)92-48(12)80/h37-40,53-56H,17-36,41-44H2,1-16H3. The van der Waals surface area contributed by atoms with E-state index in [9.17, 15) is 38.4 Å². The van der Waals surface area contributed by atoms with Crippen LogP contribution in [0.5, 0.6) is 46.0 Å². The summed E-state index contributed by atoms with van der Waals surface area (Å²) in [6.45, 7) is 25.1. The van der Waals surface area contributed by atoms with Crippen LogP contribution in [-0.2, 0) is 83.7 Å². The van der Waals surface area contributed by atoms with E-state index in [1.165, 1.54) is 55.4 Å². The van der Waals surface area contributed by atoms with Gasteiger partial charge < -0.3 is 56.8 Å². The van der Waals surface area contributed by atoms with Crippen LogP contribution in [0, 0.1) is 0 Å². The number of benzene rings is 4. The highest BCUT2D eigenvalue weighted by molar-refractivity contribution is 5.81. The Morgan fingerprint density at radius 3 is 0.510 bits per heavy atom. The molecule has 0 saturated heterocycles. The van der Waals surface area contributed by atoms with Crippen molar-refractivity contribution in [3.05, 3.63) is 91.0 Å². The van der Waals surface area contributed by atoms with Crippen molar-refractivity contribution in [2.45, 2.75) is 264 Å². The zero-order valence-corrected chi connectivity index (χ0v) is 59.8. The van der Waals surface area contributed by atoms with E-state index in [4.69, 9.17) is 56.8 Å². The third-order valence-corrected chi connectivity index (χ3v) is 16.7. The lowest BCUT2D eigenvalue weighted by molar-refractivity contribution is -0.133. The van der Waals surface area contributed by atoms with E-state index in [2.05, 4.69) is 27.7 Å². The lowest BCUT2D eigenvalue weighted by Gasteiger charge is -2.34. The molecule has 5 rings (SSSR count). The summed E-state index contributed by atoms with van der Waals surface area (Å²) in [5.74, 6) is -9.58. The molecule has 4 aromatic carbocycles. The Morgan fingerprint density at radius 2 is 0.396 bits per heavy atom. The second-order valence-electron chi connectivity index (χ2n) is 24.3. The zero-order chi connectivity index (χ0) is 70.8. The second-order valence-corrected chi connectivity index (χ2v) is 24.3. The fourth-order valence-corrected chi connectivity index (χ4v) is 12.8. The summed E-state index contributed by atoms with van der Waals surface area (Å²) in [4.78, 5) is 113. The summed E-state index contributed by atoms with van der Waals surface area (Å²) in [6, 6.07) is 7.39. The highest BCUT2D eigenvalue weighted by Crippen LogP contribution is 2.58. The van der Waals surface area contributed by atoms with Crippen molar-refractivity contribution in [2.75, 3.05) is 26.4 Å². The molecule has 1 aliphatic rings. The van der Waals surface area contributed by atoms with Crippen molar-refractivity contribution in [3.63, 3.8) is 0 Å². The van der Waals surface area contributed by atoms with Crippen LogP contribution in [0.25, 0.3) is 0 Å². The van der Waals surface area contributed by atoms with Crippen LogP contribution in [0.4, 0.5) is 0 Å². The average Bonchev–Trinajstić information content (AvgIpc) is 0.734. The minimum atomic E-state index is -0.939. The first kappa shape index (κ1) is 79.2. The third kappa shape index (κ3) is 21.2. The van der Waals surface area contributed by atoms with Crippen LogP contribution in [0.3, 0.4) is 0 Å². The van der Waals surface area contributed by atoms with E-state index >= 15 is 0 Å². The Hall–Kier alpha value is -7.52. The maximum Gasteiger partial charge on any atom is 0.308 e. The number of hydrogen-bond donors (Lipinski definition) is 0. The van der Waals surface area contributed by atoms with Gasteiger partial charge in [-0.3, -0.25) is 38.4 Å². The van der Waals surface area contributed by atoms with E-state index in [1.54, 1.807) is 27.7 Å². The van der Waals surface area contributed by atoms with Crippen LogP contribution in [0.1, 0.15) is 304 Å². The highest BCUT2D eigenvalue weighted by atomic mass is 16.6. The van der Waals surface area contributed by atoms with Gasteiger partial charge in [-0.15, -0.1) is 0 Å². The molecule has 0 N–H and O–H groups in total. The molecule has 0 aromatic heterocycles. The first-order valence-electron chi connectivity index (χ1n) is 34.5. The molecule has 528 valence electrons. The van der Waals surface area contributed by atoms with Gasteiger partial charge >= 0.3 is 47.8 Å². The van der Waals surface area contributed by atoms with Crippen molar-refractivity contribution in [1.82, 2.24) is 0 Å². The minimum absolute atomic E-state index is 0.00125. The Morgan fingerprint density at radius 1 is 0.250 bits per heavy atom. The van der Waals surface area contributed by atoms with Crippen molar-refractivity contribution in [3.8, 4) is 46.0 Å². The lowest BCUT2D eigenvalue weighted by atomic mass is 9.74. The molecule has 8 bridgehead atoms. The molecule has 0 aliphatic heterocycles. The Kier molecular flexibility index (Phi) is 32.7. The monoisotopic (exact) mass is 1340 g/mol. The molecule has 96 heavy (non-hydrogen) atoms. The van der Waals surface area contributed by atoms with Crippen LogP contribution in [0.2, 0.25) is 0 Å². The number of rotatable bonds is 36. The van der Waals surface area contributed by atoms with E-state index in [0.29, 0.717) is 95.9 Å². The minimum Gasteiger partial charge on any atom is -0.426 e. The van der Waals surface area contributed by atoms with Gasteiger partial charge in [-0.1, -0.05) is 105 Å². The number of ether oxygens (including phenoxy) is 12. The number of esters is 8. The van der Waals surface area contributed by atoms with E-state index < -0.39 is 71.4 Å². The smallest absolute Gasteiger partial charge is 0.308 e. The van der Waals surface area contributed by atoms with Crippen LogP contribution >= 0.6 is 0 Å². The number of unbranched alkanes of at least 4 members (excludes halogenated alkanes) is 8. The van der Waals surface area contributed by atoms with Crippen LogP contribution in [0.15, 0.2) is 24.3 Å². The molecule has 0 radical (unpaired) electrons. The molecule has 20 heteroatoms. The lowest BCUT2D eigenvalue weighted by Crippen LogP contribution is -2.22. The summed E-state index contributed by atoms with van der Waals surface area (Å²) < 4.78 is 77.6. The fraction of sp³-hybridized carbons (Fsp3) is 0.579. The second kappa shape index (κ2) is 39.6. The molecular formula is C76H104O20. The number of hydrogen-bond acceptors (Lipinski definition) is 20. The summed E-state index contributed by atoms with van der Waals surface area (Å²) in [5.41, 5.74) is 3.76. The number of fused-ring (bicyclic) bond motifs is 8. The third-order valence-electron chi connectivity index (χ3n) is 16.7. The molecule has 0 atom stereocenters. The SMILES string of the molecule is CCCCCC1c2cc(c(OC(C)=O)c(COCC)c2OC(C)=O)C(CCCCC)c2cc(c(OC(C)=O)c(COCC)c2OC(C)=O)C(CCCCC)c2cc(c(OC(C)=O)c(COCC)c2OC(C)=O)C(CCCCC)c2cc1c(OC(C)=O)c(COCC)c2OC(C)=O. The van der Waals surface area contributed by atoms with E-state index in [1.807, 2.05) is 24.3 Å². The molecular weight excluding hydrogens is 1230 g/mol. The van der Waals surface area contributed by atoms with E-state index in [-0.39, 0.29) is 147 Å². The van der Waals surface area contributed by atoms with Gasteiger partial charge in [0.2, 0.25) is 0 Å². The Bertz CT molecular complexity index is 2750. The average molecular weight is 1340 g/mol. The first-order chi connectivity index (χ1) is 46.0.